The summed E-state index contributed by atoms with van der Waals surface area (Å²) in [6, 6.07) is 3.64. The van der Waals surface area contributed by atoms with Crippen molar-refractivity contribution < 1.29 is 4.79 Å². The standard InChI is InChI=1S/C14H16N4OS/c1-4-8-20-14-16-10-12(18(14)3)13(19)17(2)11-6-5-7-15-9-11/h4-7,9-10H,1,8H2,2-3H3. The molecule has 0 bridgehead atoms. The van der Waals surface area contributed by atoms with Crippen LogP contribution in [-0.2, 0) is 7.05 Å². The molecule has 0 radical (unpaired) electrons. The Labute approximate surface area is 122 Å². The SMILES string of the molecule is C=CCSc1ncc(C(=O)N(C)c2cccnc2)n1C. The zero-order chi connectivity index (χ0) is 14.5. The predicted octanol–water partition coefficient (Wildman–Crippen LogP) is 2.37. The molecule has 0 fully saturated rings. The van der Waals surface area contributed by atoms with Gasteiger partial charge in [0.25, 0.3) is 5.91 Å². The number of aromatic nitrogens is 3. The maximum absolute atomic E-state index is 12.5. The molecule has 0 aromatic carbocycles. The minimum atomic E-state index is -0.113. The Morgan fingerprint density at radius 3 is 3.00 bits per heavy atom. The third kappa shape index (κ3) is 2.91. The van der Waals surface area contributed by atoms with Gasteiger partial charge in [-0.3, -0.25) is 9.78 Å². The maximum Gasteiger partial charge on any atom is 0.276 e. The third-order valence-corrected chi connectivity index (χ3v) is 3.87. The summed E-state index contributed by atoms with van der Waals surface area (Å²) in [6.45, 7) is 3.68. The second-order valence-corrected chi connectivity index (χ2v) is 5.15. The molecule has 104 valence electrons. The van der Waals surface area contributed by atoms with Gasteiger partial charge in [0.05, 0.1) is 18.1 Å². The van der Waals surface area contributed by atoms with Crippen molar-refractivity contribution in [3.8, 4) is 0 Å². The van der Waals surface area contributed by atoms with Gasteiger partial charge in [0.1, 0.15) is 5.69 Å². The Morgan fingerprint density at radius 2 is 2.35 bits per heavy atom. The van der Waals surface area contributed by atoms with E-state index in [4.69, 9.17) is 0 Å². The number of rotatable bonds is 5. The Kier molecular flexibility index (Phi) is 4.57. The molecule has 5 nitrogen and oxygen atoms in total. The van der Waals surface area contributed by atoms with Crippen molar-refractivity contribution in [2.45, 2.75) is 5.16 Å². The molecule has 2 aromatic heterocycles. The van der Waals surface area contributed by atoms with Crippen LogP contribution in [-0.4, -0.2) is 33.2 Å². The Morgan fingerprint density at radius 1 is 1.55 bits per heavy atom. The second kappa shape index (κ2) is 6.38. The largest absolute Gasteiger partial charge is 0.318 e. The highest BCUT2D eigenvalue weighted by Crippen LogP contribution is 2.19. The summed E-state index contributed by atoms with van der Waals surface area (Å²) in [7, 11) is 3.56. The van der Waals surface area contributed by atoms with Gasteiger partial charge in [-0.05, 0) is 12.1 Å². The van der Waals surface area contributed by atoms with Gasteiger partial charge < -0.3 is 9.47 Å². The molecule has 0 saturated heterocycles. The van der Waals surface area contributed by atoms with Crippen LogP contribution in [0.1, 0.15) is 10.5 Å². The van der Waals surface area contributed by atoms with Gasteiger partial charge in [-0.1, -0.05) is 17.8 Å². The van der Waals surface area contributed by atoms with E-state index in [1.54, 1.807) is 52.9 Å². The van der Waals surface area contributed by atoms with E-state index >= 15 is 0 Å². The van der Waals surface area contributed by atoms with Gasteiger partial charge in [-0.15, -0.1) is 6.58 Å². The van der Waals surface area contributed by atoms with Gasteiger partial charge in [0.2, 0.25) is 0 Å². The van der Waals surface area contributed by atoms with Gasteiger partial charge in [-0.2, -0.15) is 0 Å². The maximum atomic E-state index is 12.5. The fourth-order valence-corrected chi connectivity index (χ4v) is 2.39. The van der Waals surface area contributed by atoms with Gasteiger partial charge in [-0.25, -0.2) is 4.98 Å². The summed E-state index contributed by atoms with van der Waals surface area (Å²) < 4.78 is 1.80. The highest BCUT2D eigenvalue weighted by atomic mass is 32.2. The van der Waals surface area contributed by atoms with Crippen molar-refractivity contribution in [2.24, 2.45) is 7.05 Å². The van der Waals surface area contributed by atoms with Crippen LogP contribution in [0.25, 0.3) is 0 Å². The summed E-state index contributed by atoms with van der Waals surface area (Å²) in [6.07, 6.45) is 6.74. The van der Waals surface area contributed by atoms with Crippen LogP contribution >= 0.6 is 11.8 Å². The molecule has 2 rings (SSSR count). The zero-order valence-electron chi connectivity index (χ0n) is 11.5. The summed E-state index contributed by atoms with van der Waals surface area (Å²) >= 11 is 1.54. The molecular formula is C14H16N4OS. The fraction of sp³-hybridized carbons (Fsp3) is 0.214. The Hall–Kier alpha value is -2.08. The van der Waals surface area contributed by atoms with Crippen LogP contribution < -0.4 is 4.90 Å². The van der Waals surface area contributed by atoms with E-state index in [9.17, 15) is 4.79 Å². The van der Waals surface area contributed by atoms with Crippen molar-refractivity contribution in [1.29, 1.82) is 0 Å². The van der Waals surface area contributed by atoms with E-state index in [2.05, 4.69) is 16.5 Å². The summed E-state index contributed by atoms with van der Waals surface area (Å²) in [5.74, 6) is 0.648. The first-order chi connectivity index (χ1) is 9.65. The van der Waals surface area contributed by atoms with Crippen LogP contribution in [0.3, 0.4) is 0 Å². The number of carbonyl (C=O) groups is 1. The molecule has 2 heterocycles. The van der Waals surface area contributed by atoms with Crippen LogP contribution in [0.4, 0.5) is 5.69 Å². The number of thioether (sulfide) groups is 1. The Bertz CT molecular complexity index is 609. The Balaban J connectivity index is 2.21. The van der Waals surface area contributed by atoms with Crippen LogP contribution in [0.15, 0.2) is 48.5 Å². The van der Waals surface area contributed by atoms with Gasteiger partial charge >= 0.3 is 0 Å². The summed E-state index contributed by atoms with van der Waals surface area (Å²) in [5, 5.41) is 0.799. The smallest absolute Gasteiger partial charge is 0.276 e. The number of carbonyl (C=O) groups excluding carboxylic acids is 1. The number of nitrogens with zero attached hydrogens (tertiary/aromatic N) is 4. The molecule has 0 atom stereocenters. The summed E-state index contributed by atoms with van der Waals surface area (Å²) in [5.41, 5.74) is 1.29. The van der Waals surface area contributed by atoms with Crippen molar-refractivity contribution >= 4 is 23.4 Å². The first-order valence-corrected chi connectivity index (χ1v) is 7.07. The monoisotopic (exact) mass is 288 g/mol. The number of amides is 1. The van der Waals surface area contributed by atoms with E-state index in [0.29, 0.717) is 5.69 Å². The van der Waals surface area contributed by atoms with E-state index < -0.39 is 0 Å². The molecule has 6 heteroatoms. The normalized spacial score (nSPS) is 10.3. The molecule has 2 aromatic rings. The lowest BCUT2D eigenvalue weighted by atomic mass is 10.3. The van der Waals surface area contributed by atoms with Crippen molar-refractivity contribution in [2.75, 3.05) is 17.7 Å². The van der Waals surface area contributed by atoms with Crippen molar-refractivity contribution in [1.82, 2.24) is 14.5 Å². The molecule has 0 unspecified atom stereocenters. The average Bonchev–Trinajstić information content (AvgIpc) is 2.85. The molecule has 0 aliphatic carbocycles. The molecule has 0 aliphatic rings. The molecular weight excluding hydrogens is 272 g/mol. The second-order valence-electron chi connectivity index (χ2n) is 4.16. The lowest BCUT2D eigenvalue weighted by molar-refractivity contribution is 0.0984. The quantitative estimate of drug-likeness (QED) is 0.626. The number of pyridine rings is 1. The highest BCUT2D eigenvalue weighted by molar-refractivity contribution is 7.99. The zero-order valence-corrected chi connectivity index (χ0v) is 12.3. The van der Waals surface area contributed by atoms with Crippen molar-refractivity contribution in [3.05, 3.63) is 49.1 Å². The molecule has 0 saturated carbocycles. The van der Waals surface area contributed by atoms with E-state index in [1.807, 2.05) is 19.2 Å². The van der Waals surface area contributed by atoms with Crippen LogP contribution in [0, 0.1) is 0 Å². The minimum absolute atomic E-state index is 0.113. The van der Waals surface area contributed by atoms with E-state index in [1.165, 1.54) is 0 Å². The molecule has 0 spiro atoms. The van der Waals surface area contributed by atoms with E-state index in [0.717, 1.165) is 16.6 Å². The number of hydrogen-bond donors (Lipinski definition) is 0. The first kappa shape index (κ1) is 14.3. The lowest BCUT2D eigenvalue weighted by Crippen LogP contribution is -2.28. The molecule has 0 aliphatic heterocycles. The minimum Gasteiger partial charge on any atom is -0.318 e. The average molecular weight is 288 g/mol. The lowest BCUT2D eigenvalue weighted by Gasteiger charge is -2.16. The molecule has 0 N–H and O–H groups in total. The highest BCUT2D eigenvalue weighted by Gasteiger charge is 2.19. The third-order valence-electron chi connectivity index (χ3n) is 2.83. The molecule has 1 amide bonds. The number of imidazole rings is 1. The van der Waals surface area contributed by atoms with Gasteiger partial charge in [0.15, 0.2) is 5.16 Å². The number of hydrogen-bond acceptors (Lipinski definition) is 4. The predicted molar refractivity (Wildman–Crippen MR) is 81.1 cm³/mol. The fourth-order valence-electron chi connectivity index (χ4n) is 1.70. The number of anilines is 1. The summed E-state index contributed by atoms with van der Waals surface area (Å²) in [4.78, 5) is 22.3. The van der Waals surface area contributed by atoms with Crippen molar-refractivity contribution in [3.63, 3.8) is 0 Å². The molecule has 20 heavy (non-hydrogen) atoms. The van der Waals surface area contributed by atoms with E-state index in [-0.39, 0.29) is 5.91 Å². The van der Waals surface area contributed by atoms with Crippen LogP contribution in [0.5, 0.6) is 0 Å². The first-order valence-electron chi connectivity index (χ1n) is 6.08. The topological polar surface area (TPSA) is 51.0 Å². The van der Waals surface area contributed by atoms with Gasteiger partial charge in [0, 0.05) is 26.0 Å². The van der Waals surface area contributed by atoms with Crippen LogP contribution in [0.2, 0.25) is 0 Å².